The quantitative estimate of drug-likeness (QED) is 0.790. The molecule has 6 nitrogen and oxygen atoms in total. The number of nitrogens with zero attached hydrogens (tertiary/aromatic N) is 3. The molecule has 0 bridgehead atoms. The van der Waals surface area contributed by atoms with E-state index in [9.17, 15) is 4.79 Å². The van der Waals surface area contributed by atoms with E-state index in [0.717, 1.165) is 16.0 Å². The Morgan fingerprint density at radius 2 is 2.32 bits per heavy atom. The molecule has 114 valence electrons. The molecule has 0 fully saturated rings. The third-order valence-corrected chi connectivity index (χ3v) is 4.71. The molecule has 1 aromatic heterocycles. The number of thioether (sulfide) groups is 1. The maximum absolute atomic E-state index is 12.2. The van der Waals surface area contributed by atoms with Gasteiger partial charge in [-0.3, -0.25) is 4.79 Å². The highest BCUT2D eigenvalue weighted by atomic mass is 32.2. The lowest BCUT2D eigenvalue weighted by atomic mass is 10.2. The second-order valence-corrected chi connectivity index (χ2v) is 6.91. The Balaban J connectivity index is 1.95. The number of rotatable bonds is 6. The van der Waals surface area contributed by atoms with Crippen molar-refractivity contribution in [2.45, 2.75) is 23.4 Å². The number of aromatic nitrogens is 2. The van der Waals surface area contributed by atoms with Gasteiger partial charge in [0.2, 0.25) is 11.0 Å². The van der Waals surface area contributed by atoms with Gasteiger partial charge in [0.05, 0.1) is 16.9 Å². The summed E-state index contributed by atoms with van der Waals surface area (Å²) in [5.41, 5.74) is 1.12. The third kappa shape index (κ3) is 4.44. The number of anilines is 2. The molecule has 0 radical (unpaired) electrons. The molecular formula is C14H15N5OS2. The Kier molecular flexibility index (Phi) is 5.75. The van der Waals surface area contributed by atoms with Gasteiger partial charge in [-0.15, -0.1) is 10.2 Å². The minimum absolute atomic E-state index is 0.139. The topological polar surface area (TPSA) is 90.7 Å². The first-order valence-corrected chi connectivity index (χ1v) is 8.37. The average molecular weight is 333 g/mol. The molecule has 2 aromatic rings. The van der Waals surface area contributed by atoms with Crippen LogP contribution in [0.25, 0.3) is 0 Å². The number of hydrogen-bond donors (Lipinski definition) is 2. The van der Waals surface area contributed by atoms with Crippen LogP contribution in [0.4, 0.5) is 10.8 Å². The first kappa shape index (κ1) is 16.3. The van der Waals surface area contributed by atoms with E-state index >= 15 is 0 Å². The number of carbonyl (C=O) groups is 1. The fraction of sp³-hybridized carbons (Fsp3) is 0.286. The smallest absolute Gasteiger partial charge is 0.237 e. The van der Waals surface area contributed by atoms with E-state index in [1.54, 1.807) is 24.3 Å². The zero-order valence-corrected chi connectivity index (χ0v) is 13.8. The summed E-state index contributed by atoms with van der Waals surface area (Å²) in [6.07, 6.45) is 0. The van der Waals surface area contributed by atoms with E-state index in [4.69, 9.17) is 5.26 Å². The van der Waals surface area contributed by atoms with Gasteiger partial charge in [0.1, 0.15) is 0 Å². The van der Waals surface area contributed by atoms with Crippen molar-refractivity contribution in [3.63, 3.8) is 0 Å². The molecule has 8 heteroatoms. The van der Waals surface area contributed by atoms with Gasteiger partial charge in [0.15, 0.2) is 4.34 Å². The van der Waals surface area contributed by atoms with Gasteiger partial charge < -0.3 is 10.6 Å². The highest BCUT2D eigenvalue weighted by Gasteiger charge is 2.17. The lowest BCUT2D eigenvalue weighted by molar-refractivity contribution is -0.115. The third-order valence-electron chi connectivity index (χ3n) is 2.64. The van der Waals surface area contributed by atoms with Gasteiger partial charge in [0, 0.05) is 12.2 Å². The highest BCUT2D eigenvalue weighted by molar-refractivity contribution is 8.02. The molecular weight excluding hydrogens is 318 g/mol. The number of carbonyl (C=O) groups excluding carboxylic acids is 1. The van der Waals surface area contributed by atoms with Gasteiger partial charge in [-0.1, -0.05) is 29.2 Å². The first-order valence-electron chi connectivity index (χ1n) is 6.67. The van der Waals surface area contributed by atoms with Crippen LogP contribution in [0, 0.1) is 11.3 Å². The fourth-order valence-electron chi connectivity index (χ4n) is 1.60. The Labute approximate surface area is 137 Å². The summed E-state index contributed by atoms with van der Waals surface area (Å²) in [4.78, 5) is 12.2. The summed E-state index contributed by atoms with van der Waals surface area (Å²) in [6.45, 7) is 4.58. The van der Waals surface area contributed by atoms with Crippen molar-refractivity contribution < 1.29 is 4.79 Å². The van der Waals surface area contributed by atoms with Gasteiger partial charge in [-0.25, -0.2) is 0 Å². The zero-order valence-electron chi connectivity index (χ0n) is 12.2. The van der Waals surface area contributed by atoms with Gasteiger partial charge in [-0.05, 0) is 32.0 Å². The molecule has 2 rings (SSSR count). The van der Waals surface area contributed by atoms with Crippen molar-refractivity contribution >= 4 is 39.8 Å². The van der Waals surface area contributed by atoms with Crippen LogP contribution < -0.4 is 10.6 Å². The van der Waals surface area contributed by atoms with E-state index < -0.39 is 0 Å². The van der Waals surface area contributed by atoms with Crippen molar-refractivity contribution in [1.82, 2.24) is 10.2 Å². The Hall–Kier alpha value is -2.11. The fourth-order valence-corrected chi connectivity index (χ4v) is 3.56. The maximum Gasteiger partial charge on any atom is 0.237 e. The lowest BCUT2D eigenvalue weighted by Crippen LogP contribution is -2.22. The SMILES string of the molecule is CCNc1nnc(S[C@@H](C)C(=O)Nc2cccc(C#N)c2)s1. The number of nitriles is 1. The van der Waals surface area contributed by atoms with Crippen molar-refractivity contribution in [2.75, 3.05) is 17.2 Å². The predicted molar refractivity (Wildman–Crippen MR) is 89.2 cm³/mol. The molecule has 0 saturated carbocycles. The molecule has 0 saturated heterocycles. The average Bonchev–Trinajstić information content (AvgIpc) is 2.95. The van der Waals surface area contributed by atoms with E-state index in [1.807, 2.05) is 19.9 Å². The van der Waals surface area contributed by atoms with Crippen molar-refractivity contribution in [3.05, 3.63) is 29.8 Å². The van der Waals surface area contributed by atoms with Crippen LogP contribution in [0.1, 0.15) is 19.4 Å². The summed E-state index contributed by atoms with van der Waals surface area (Å²) in [5.74, 6) is -0.139. The monoisotopic (exact) mass is 333 g/mol. The predicted octanol–water partition coefficient (Wildman–Crippen LogP) is 2.96. The van der Waals surface area contributed by atoms with Crippen LogP contribution in [0.3, 0.4) is 0 Å². The van der Waals surface area contributed by atoms with E-state index in [0.29, 0.717) is 11.3 Å². The molecule has 1 atom stereocenters. The molecule has 1 amide bonds. The molecule has 0 unspecified atom stereocenters. The lowest BCUT2D eigenvalue weighted by Gasteiger charge is -2.10. The second-order valence-electron chi connectivity index (χ2n) is 4.35. The van der Waals surface area contributed by atoms with Crippen LogP contribution in [0.5, 0.6) is 0 Å². The van der Waals surface area contributed by atoms with Crippen molar-refractivity contribution in [2.24, 2.45) is 0 Å². The second kappa shape index (κ2) is 7.77. The summed E-state index contributed by atoms with van der Waals surface area (Å²) in [6, 6.07) is 8.87. The normalized spacial score (nSPS) is 11.5. The van der Waals surface area contributed by atoms with Crippen LogP contribution in [0.15, 0.2) is 28.6 Å². The molecule has 1 heterocycles. The van der Waals surface area contributed by atoms with Crippen molar-refractivity contribution in [3.8, 4) is 6.07 Å². The summed E-state index contributed by atoms with van der Waals surface area (Å²) in [7, 11) is 0. The Morgan fingerprint density at radius 3 is 3.05 bits per heavy atom. The van der Waals surface area contributed by atoms with Crippen LogP contribution >= 0.6 is 23.1 Å². The van der Waals surface area contributed by atoms with Crippen LogP contribution in [-0.2, 0) is 4.79 Å². The molecule has 22 heavy (non-hydrogen) atoms. The molecule has 0 aliphatic rings. The minimum atomic E-state index is -0.312. The molecule has 0 aliphatic heterocycles. The summed E-state index contributed by atoms with van der Waals surface area (Å²) < 4.78 is 0.740. The van der Waals surface area contributed by atoms with Crippen LogP contribution in [-0.4, -0.2) is 27.9 Å². The Bertz CT molecular complexity index is 695. The van der Waals surface area contributed by atoms with Gasteiger partial charge in [0.25, 0.3) is 0 Å². The largest absolute Gasteiger partial charge is 0.360 e. The zero-order chi connectivity index (χ0) is 15.9. The summed E-state index contributed by atoms with van der Waals surface area (Å²) in [5, 5.41) is 23.2. The van der Waals surface area contributed by atoms with E-state index in [1.165, 1.54) is 23.1 Å². The molecule has 0 spiro atoms. The maximum atomic E-state index is 12.2. The standard InChI is InChI=1S/C14H15N5OS2/c1-3-16-13-18-19-14(22-13)21-9(2)12(20)17-11-6-4-5-10(7-11)8-15/h4-7,9H,3H2,1-2H3,(H,16,18)(H,17,20)/t9-/m0/s1. The number of nitrogens with one attached hydrogen (secondary N) is 2. The number of benzene rings is 1. The van der Waals surface area contributed by atoms with Gasteiger partial charge >= 0.3 is 0 Å². The number of hydrogen-bond acceptors (Lipinski definition) is 7. The molecule has 2 N–H and O–H groups in total. The number of amides is 1. The van der Waals surface area contributed by atoms with Crippen LogP contribution in [0.2, 0.25) is 0 Å². The Morgan fingerprint density at radius 1 is 1.50 bits per heavy atom. The van der Waals surface area contributed by atoms with Crippen molar-refractivity contribution in [1.29, 1.82) is 5.26 Å². The first-order chi connectivity index (χ1) is 10.6. The molecule has 0 aliphatic carbocycles. The summed E-state index contributed by atoms with van der Waals surface area (Å²) >= 11 is 2.78. The highest BCUT2D eigenvalue weighted by Crippen LogP contribution is 2.29. The molecule has 1 aromatic carbocycles. The van der Waals surface area contributed by atoms with Gasteiger partial charge in [-0.2, -0.15) is 5.26 Å². The van der Waals surface area contributed by atoms with E-state index in [-0.39, 0.29) is 11.2 Å². The van der Waals surface area contributed by atoms with E-state index in [2.05, 4.69) is 20.8 Å². The minimum Gasteiger partial charge on any atom is -0.360 e.